The molecule has 0 saturated heterocycles. The lowest BCUT2D eigenvalue weighted by Gasteiger charge is -2.17. The van der Waals surface area contributed by atoms with E-state index in [1.54, 1.807) is 18.0 Å². The molecule has 6 heteroatoms. The summed E-state index contributed by atoms with van der Waals surface area (Å²) in [4.78, 5) is 4.19. The van der Waals surface area contributed by atoms with Gasteiger partial charge in [0, 0.05) is 25.6 Å². The lowest BCUT2D eigenvalue weighted by atomic mass is 10.2. The molecule has 2 heterocycles. The summed E-state index contributed by atoms with van der Waals surface area (Å²) in [5, 5.41) is 7.58. The van der Waals surface area contributed by atoms with Gasteiger partial charge in [-0.3, -0.25) is 0 Å². The van der Waals surface area contributed by atoms with Gasteiger partial charge in [-0.1, -0.05) is 0 Å². The normalized spacial score (nSPS) is 12.8. The second kappa shape index (κ2) is 6.02. The summed E-state index contributed by atoms with van der Waals surface area (Å²) in [5.74, 6) is 1.43. The fourth-order valence-electron chi connectivity index (χ4n) is 1.82. The maximum absolute atomic E-state index is 5.95. The lowest BCUT2D eigenvalue weighted by Crippen LogP contribution is -2.24. The van der Waals surface area contributed by atoms with E-state index in [4.69, 9.17) is 16.3 Å². The molecule has 1 N–H and O–H groups in total. The Balaban J connectivity index is 2.21. The van der Waals surface area contributed by atoms with Gasteiger partial charge in [-0.2, -0.15) is 9.61 Å². The molecule has 0 aliphatic heterocycles. The summed E-state index contributed by atoms with van der Waals surface area (Å²) in [6.07, 6.45) is 2.40. The number of nitrogens with zero attached hydrogens (tertiary/aromatic N) is 3. The van der Waals surface area contributed by atoms with Gasteiger partial charge in [-0.25, -0.2) is 4.98 Å². The van der Waals surface area contributed by atoms with Gasteiger partial charge in [0.2, 0.25) is 0 Å². The molecule has 0 spiro atoms. The Kier molecular flexibility index (Phi) is 4.38. The van der Waals surface area contributed by atoms with Crippen LogP contribution in [0.4, 0.5) is 5.82 Å². The average Bonchev–Trinajstić information content (AvgIpc) is 2.82. The third kappa shape index (κ3) is 2.91. The monoisotopic (exact) mass is 268 g/mol. The highest BCUT2D eigenvalue weighted by Gasteiger charge is 2.10. The smallest absolute Gasteiger partial charge is 0.157 e. The molecule has 0 radical (unpaired) electrons. The van der Waals surface area contributed by atoms with Gasteiger partial charge in [-0.05, 0) is 31.0 Å². The first-order chi connectivity index (χ1) is 8.74. The van der Waals surface area contributed by atoms with E-state index in [9.17, 15) is 0 Å². The molecule has 0 aliphatic carbocycles. The average molecular weight is 269 g/mol. The number of aryl methyl sites for hydroxylation is 1. The van der Waals surface area contributed by atoms with Gasteiger partial charge in [0.1, 0.15) is 12.1 Å². The third-order valence-corrected chi connectivity index (χ3v) is 3.10. The van der Waals surface area contributed by atoms with Crippen molar-refractivity contribution >= 4 is 23.1 Å². The van der Waals surface area contributed by atoms with E-state index < -0.39 is 0 Å². The summed E-state index contributed by atoms with van der Waals surface area (Å²) >= 11 is 5.95. The number of alkyl halides is 1. The molecular formula is C12H17ClN4O. The second-order valence-electron chi connectivity index (χ2n) is 4.23. The summed E-state index contributed by atoms with van der Waals surface area (Å²) in [5.41, 5.74) is 1.97. The Morgan fingerprint density at radius 1 is 1.50 bits per heavy atom. The first-order valence-electron chi connectivity index (χ1n) is 5.86. The minimum Gasteiger partial charge on any atom is -0.385 e. The number of hydrogen-bond acceptors (Lipinski definition) is 4. The molecule has 2 aromatic heterocycles. The van der Waals surface area contributed by atoms with Crippen LogP contribution in [0.2, 0.25) is 0 Å². The van der Waals surface area contributed by atoms with Crippen molar-refractivity contribution in [3.8, 4) is 0 Å². The fraction of sp³-hybridized carbons (Fsp3) is 0.500. The van der Waals surface area contributed by atoms with Crippen LogP contribution in [0, 0.1) is 6.92 Å². The number of hydrogen-bond donors (Lipinski definition) is 1. The number of ether oxygens (including phenoxy) is 1. The molecule has 1 atom stereocenters. The van der Waals surface area contributed by atoms with Gasteiger partial charge < -0.3 is 10.1 Å². The van der Waals surface area contributed by atoms with Crippen molar-refractivity contribution < 1.29 is 4.74 Å². The number of halogens is 1. The van der Waals surface area contributed by atoms with E-state index in [2.05, 4.69) is 15.4 Å². The van der Waals surface area contributed by atoms with Gasteiger partial charge in [0.15, 0.2) is 5.65 Å². The Hall–Kier alpha value is -1.33. The van der Waals surface area contributed by atoms with Crippen molar-refractivity contribution in [1.29, 1.82) is 0 Å². The van der Waals surface area contributed by atoms with Crippen molar-refractivity contribution in [2.75, 3.05) is 24.9 Å². The number of rotatable bonds is 6. The molecule has 18 heavy (non-hydrogen) atoms. The highest BCUT2D eigenvalue weighted by Crippen LogP contribution is 2.15. The molecular weight excluding hydrogens is 252 g/mol. The Morgan fingerprint density at radius 3 is 3.06 bits per heavy atom. The fourth-order valence-corrected chi connectivity index (χ4v) is 2.05. The van der Waals surface area contributed by atoms with Crippen LogP contribution in [0.1, 0.15) is 12.0 Å². The van der Waals surface area contributed by atoms with Crippen LogP contribution in [0.5, 0.6) is 0 Å². The maximum Gasteiger partial charge on any atom is 0.157 e. The molecule has 1 unspecified atom stereocenters. The summed E-state index contributed by atoms with van der Waals surface area (Å²) in [6.45, 7) is 2.71. The predicted octanol–water partition coefficient (Wildman–Crippen LogP) is 2.09. The number of methoxy groups -OCH3 is 1. The Bertz CT molecular complexity index is 514. The first kappa shape index (κ1) is 13.1. The van der Waals surface area contributed by atoms with Gasteiger partial charge in [-0.15, -0.1) is 11.6 Å². The Morgan fingerprint density at radius 2 is 2.33 bits per heavy atom. The topological polar surface area (TPSA) is 51.5 Å². The van der Waals surface area contributed by atoms with E-state index in [0.29, 0.717) is 12.5 Å². The van der Waals surface area contributed by atoms with Crippen LogP contribution in [0.3, 0.4) is 0 Å². The number of nitrogens with one attached hydrogen (secondary N) is 1. The third-order valence-electron chi connectivity index (χ3n) is 2.73. The SMILES string of the molecule is COCCC(CCl)Nc1cc(C)cc2ncnn12. The van der Waals surface area contributed by atoms with E-state index in [1.807, 2.05) is 19.1 Å². The van der Waals surface area contributed by atoms with Crippen LogP contribution in [0.15, 0.2) is 18.5 Å². The molecule has 5 nitrogen and oxygen atoms in total. The van der Waals surface area contributed by atoms with E-state index >= 15 is 0 Å². The van der Waals surface area contributed by atoms with Crippen molar-refractivity contribution in [2.45, 2.75) is 19.4 Å². The highest BCUT2D eigenvalue weighted by molar-refractivity contribution is 6.18. The van der Waals surface area contributed by atoms with Crippen molar-refractivity contribution in [2.24, 2.45) is 0 Å². The van der Waals surface area contributed by atoms with Crippen LogP contribution in [-0.2, 0) is 4.74 Å². The number of aromatic nitrogens is 3. The van der Waals surface area contributed by atoms with E-state index in [0.717, 1.165) is 23.4 Å². The molecule has 0 bridgehead atoms. The quantitative estimate of drug-likeness (QED) is 0.815. The van der Waals surface area contributed by atoms with Crippen LogP contribution < -0.4 is 5.32 Å². The molecule has 98 valence electrons. The van der Waals surface area contributed by atoms with Crippen LogP contribution >= 0.6 is 11.6 Å². The molecule has 0 aromatic carbocycles. The summed E-state index contributed by atoms with van der Waals surface area (Å²) in [6, 6.07) is 4.18. The minimum atomic E-state index is 0.154. The van der Waals surface area contributed by atoms with Gasteiger partial charge in [0.05, 0.1) is 0 Å². The Labute approximate surface area is 111 Å². The predicted molar refractivity (Wildman–Crippen MR) is 72.3 cm³/mol. The zero-order valence-electron chi connectivity index (χ0n) is 10.6. The molecule has 0 amide bonds. The minimum absolute atomic E-state index is 0.154. The second-order valence-corrected chi connectivity index (χ2v) is 4.53. The number of pyridine rings is 1. The molecule has 2 rings (SSSR count). The van der Waals surface area contributed by atoms with Gasteiger partial charge >= 0.3 is 0 Å². The molecule has 2 aromatic rings. The molecule has 0 fully saturated rings. The summed E-state index contributed by atoms with van der Waals surface area (Å²) in [7, 11) is 1.69. The molecule has 0 saturated carbocycles. The van der Waals surface area contributed by atoms with Crippen molar-refractivity contribution in [3.63, 3.8) is 0 Å². The highest BCUT2D eigenvalue weighted by atomic mass is 35.5. The van der Waals surface area contributed by atoms with Crippen molar-refractivity contribution in [1.82, 2.24) is 14.6 Å². The van der Waals surface area contributed by atoms with Crippen LogP contribution in [-0.4, -0.2) is 40.2 Å². The maximum atomic E-state index is 5.95. The van der Waals surface area contributed by atoms with Crippen LogP contribution in [0.25, 0.3) is 5.65 Å². The lowest BCUT2D eigenvalue weighted by molar-refractivity contribution is 0.191. The number of anilines is 1. The largest absolute Gasteiger partial charge is 0.385 e. The van der Waals surface area contributed by atoms with E-state index in [-0.39, 0.29) is 6.04 Å². The standard InChI is InChI=1S/C12H17ClN4O/c1-9-5-11-14-8-15-17(11)12(6-9)16-10(7-13)3-4-18-2/h5-6,8,10,16H,3-4,7H2,1-2H3. The van der Waals surface area contributed by atoms with E-state index in [1.165, 1.54) is 0 Å². The summed E-state index contributed by atoms with van der Waals surface area (Å²) < 4.78 is 6.85. The zero-order chi connectivity index (χ0) is 13.0. The van der Waals surface area contributed by atoms with Gasteiger partial charge in [0.25, 0.3) is 0 Å². The van der Waals surface area contributed by atoms with Crippen molar-refractivity contribution in [3.05, 3.63) is 24.0 Å². The number of fused-ring (bicyclic) bond motifs is 1. The zero-order valence-corrected chi connectivity index (χ0v) is 11.3. The molecule has 0 aliphatic rings. The first-order valence-corrected chi connectivity index (χ1v) is 6.40.